The lowest BCUT2D eigenvalue weighted by Gasteiger charge is -2.09. The molecule has 0 saturated heterocycles. The van der Waals surface area contributed by atoms with Crippen molar-refractivity contribution < 1.29 is 17.9 Å². The van der Waals surface area contributed by atoms with Crippen LogP contribution >= 0.6 is 0 Å². The summed E-state index contributed by atoms with van der Waals surface area (Å²) in [6.07, 6.45) is 0. The van der Waals surface area contributed by atoms with E-state index >= 15 is 0 Å². The zero-order valence-electron chi connectivity index (χ0n) is 11.0. The Morgan fingerprint density at radius 3 is 2.68 bits per heavy atom. The van der Waals surface area contributed by atoms with Crippen molar-refractivity contribution in [1.29, 1.82) is 0 Å². The molecule has 0 unspecified atom stereocenters. The van der Waals surface area contributed by atoms with Crippen LogP contribution in [-0.4, -0.2) is 39.5 Å². The Morgan fingerprint density at radius 1 is 1.42 bits per heavy atom. The van der Waals surface area contributed by atoms with Gasteiger partial charge >= 0.3 is 0 Å². The van der Waals surface area contributed by atoms with Gasteiger partial charge in [-0.15, -0.1) is 0 Å². The third kappa shape index (κ3) is 4.44. The summed E-state index contributed by atoms with van der Waals surface area (Å²) in [7, 11) is -1.60. The predicted octanol–water partition coefficient (Wildman–Crippen LogP) is 0.442. The molecule has 1 rings (SSSR count). The first-order chi connectivity index (χ1) is 8.89. The van der Waals surface area contributed by atoms with Crippen molar-refractivity contribution in [2.75, 3.05) is 30.9 Å². The Labute approximate surface area is 112 Å². The number of nitrogens with two attached hydrogens (primary N) is 1. The summed E-state index contributed by atoms with van der Waals surface area (Å²) in [5, 5.41) is 2.53. The smallest absolute Gasteiger partial charge is 0.253 e. The molecule has 1 amide bonds. The Morgan fingerprint density at radius 2 is 2.11 bits per heavy atom. The van der Waals surface area contributed by atoms with Crippen LogP contribution in [0.25, 0.3) is 0 Å². The third-order valence-corrected chi connectivity index (χ3v) is 4.35. The number of carbonyl (C=O) groups is 1. The number of methoxy groups -OCH3 is 1. The van der Waals surface area contributed by atoms with Crippen LogP contribution < -0.4 is 15.8 Å². The van der Waals surface area contributed by atoms with Gasteiger partial charge in [-0.05, 0) is 18.2 Å². The number of amides is 1. The summed E-state index contributed by atoms with van der Waals surface area (Å²) >= 11 is 0. The Kier molecular flexibility index (Phi) is 5.17. The molecule has 0 bridgehead atoms. The molecule has 0 spiro atoms. The first-order valence-corrected chi connectivity index (χ1v) is 7.64. The first-order valence-electron chi connectivity index (χ1n) is 5.81. The minimum Gasteiger partial charge on any atom is -0.497 e. The van der Waals surface area contributed by atoms with Gasteiger partial charge in [-0.2, -0.15) is 0 Å². The van der Waals surface area contributed by atoms with Crippen LogP contribution in [0.1, 0.15) is 17.3 Å². The van der Waals surface area contributed by atoms with Gasteiger partial charge in [0.05, 0.1) is 18.4 Å². The van der Waals surface area contributed by atoms with Crippen molar-refractivity contribution >= 4 is 21.4 Å². The van der Waals surface area contributed by atoms with Crippen LogP contribution in [0, 0.1) is 0 Å². The number of nitrogens with one attached hydrogen (secondary N) is 1. The summed E-state index contributed by atoms with van der Waals surface area (Å²) in [6.45, 7) is 1.63. The van der Waals surface area contributed by atoms with Crippen molar-refractivity contribution in [3.05, 3.63) is 23.8 Å². The number of hydrogen-bond donors (Lipinski definition) is 2. The Bertz CT molecular complexity index is 555. The zero-order valence-corrected chi connectivity index (χ0v) is 11.8. The van der Waals surface area contributed by atoms with E-state index in [2.05, 4.69) is 5.32 Å². The van der Waals surface area contributed by atoms with E-state index < -0.39 is 15.7 Å². The highest BCUT2D eigenvalue weighted by Gasteiger charge is 2.12. The summed E-state index contributed by atoms with van der Waals surface area (Å²) in [6, 6.07) is 4.73. The van der Waals surface area contributed by atoms with Crippen molar-refractivity contribution in [2.45, 2.75) is 6.92 Å². The number of benzene rings is 1. The van der Waals surface area contributed by atoms with Gasteiger partial charge in [0, 0.05) is 18.0 Å². The predicted molar refractivity (Wildman–Crippen MR) is 74.1 cm³/mol. The molecule has 0 fully saturated rings. The van der Waals surface area contributed by atoms with E-state index in [4.69, 9.17) is 10.5 Å². The molecule has 0 aliphatic heterocycles. The van der Waals surface area contributed by atoms with Crippen LogP contribution in [0.5, 0.6) is 5.75 Å². The van der Waals surface area contributed by atoms with Crippen molar-refractivity contribution in [3.8, 4) is 5.75 Å². The number of hydrogen-bond acceptors (Lipinski definition) is 5. The van der Waals surface area contributed by atoms with Gasteiger partial charge in [-0.3, -0.25) is 4.79 Å². The molecule has 1 aromatic rings. The second-order valence-electron chi connectivity index (χ2n) is 3.95. The zero-order chi connectivity index (χ0) is 14.5. The highest BCUT2D eigenvalue weighted by Crippen LogP contribution is 2.19. The van der Waals surface area contributed by atoms with Crippen LogP contribution in [0.15, 0.2) is 18.2 Å². The lowest BCUT2D eigenvalue weighted by molar-refractivity contribution is 0.0956. The molecule has 106 valence electrons. The number of rotatable bonds is 6. The number of carbonyl (C=O) groups excluding carboxylic acids is 1. The maximum atomic E-state index is 11.9. The molecule has 1 aromatic carbocycles. The van der Waals surface area contributed by atoms with Gasteiger partial charge in [0.25, 0.3) is 5.91 Å². The second-order valence-corrected chi connectivity index (χ2v) is 6.42. The van der Waals surface area contributed by atoms with Crippen molar-refractivity contribution in [2.24, 2.45) is 0 Å². The van der Waals surface area contributed by atoms with Gasteiger partial charge in [-0.25, -0.2) is 8.42 Å². The molecule has 0 aliphatic rings. The highest BCUT2D eigenvalue weighted by molar-refractivity contribution is 7.91. The molecule has 19 heavy (non-hydrogen) atoms. The molecule has 0 atom stereocenters. The molecule has 0 aliphatic carbocycles. The van der Waals surface area contributed by atoms with E-state index in [1.165, 1.54) is 13.2 Å². The Hall–Kier alpha value is -1.76. The molecular weight excluding hydrogens is 268 g/mol. The minimum atomic E-state index is -3.09. The van der Waals surface area contributed by atoms with E-state index in [9.17, 15) is 13.2 Å². The minimum absolute atomic E-state index is 0.0597. The fourth-order valence-corrected chi connectivity index (χ4v) is 2.12. The average Bonchev–Trinajstić information content (AvgIpc) is 2.39. The normalized spacial score (nSPS) is 11.1. The summed E-state index contributed by atoms with van der Waals surface area (Å²) in [5.74, 6) is 0.0757. The van der Waals surface area contributed by atoms with Crippen molar-refractivity contribution in [3.63, 3.8) is 0 Å². The summed E-state index contributed by atoms with van der Waals surface area (Å²) < 4.78 is 27.6. The monoisotopic (exact) mass is 286 g/mol. The van der Waals surface area contributed by atoms with Gasteiger partial charge in [0.15, 0.2) is 9.84 Å². The maximum Gasteiger partial charge on any atom is 0.253 e. The number of nitrogen functional groups attached to an aromatic ring is 1. The van der Waals surface area contributed by atoms with E-state index in [0.717, 1.165) is 0 Å². The van der Waals surface area contributed by atoms with Crippen molar-refractivity contribution in [1.82, 2.24) is 5.32 Å². The second kappa shape index (κ2) is 6.42. The molecule has 7 heteroatoms. The largest absolute Gasteiger partial charge is 0.497 e. The average molecular weight is 286 g/mol. The molecule has 0 saturated carbocycles. The third-order valence-electron chi connectivity index (χ3n) is 2.64. The lowest BCUT2D eigenvalue weighted by Crippen LogP contribution is -2.30. The number of ether oxygens (including phenoxy) is 1. The highest BCUT2D eigenvalue weighted by atomic mass is 32.2. The van der Waals surface area contributed by atoms with Gasteiger partial charge < -0.3 is 15.8 Å². The quantitative estimate of drug-likeness (QED) is 0.739. The fourth-order valence-electron chi connectivity index (χ4n) is 1.42. The summed E-state index contributed by atoms with van der Waals surface area (Å²) in [4.78, 5) is 11.9. The van der Waals surface area contributed by atoms with Gasteiger partial charge in [-0.1, -0.05) is 6.92 Å². The first kappa shape index (κ1) is 15.3. The molecule has 0 heterocycles. The van der Waals surface area contributed by atoms with Crippen LogP contribution in [-0.2, 0) is 9.84 Å². The molecular formula is C12H18N2O4S. The topological polar surface area (TPSA) is 98.5 Å². The Balaban J connectivity index is 2.68. The summed E-state index contributed by atoms with van der Waals surface area (Å²) in [5.41, 5.74) is 6.28. The molecule has 3 N–H and O–H groups in total. The van der Waals surface area contributed by atoms with Crippen LogP contribution in [0.3, 0.4) is 0 Å². The van der Waals surface area contributed by atoms with Crippen LogP contribution in [0.4, 0.5) is 5.69 Å². The maximum absolute atomic E-state index is 11.9. The van der Waals surface area contributed by atoms with E-state index in [-0.39, 0.29) is 23.6 Å². The SMILES string of the molecule is CCS(=O)(=O)CCNC(=O)c1cc(OC)ccc1N. The molecule has 0 aromatic heterocycles. The van der Waals surface area contributed by atoms with E-state index in [0.29, 0.717) is 11.4 Å². The van der Waals surface area contributed by atoms with E-state index in [1.807, 2.05) is 0 Å². The standard InChI is InChI=1S/C12H18N2O4S/c1-3-19(16,17)7-6-14-12(15)10-8-9(18-2)4-5-11(10)13/h4-5,8H,3,6-7,13H2,1-2H3,(H,14,15). The van der Waals surface area contributed by atoms with Crippen LogP contribution in [0.2, 0.25) is 0 Å². The molecule has 6 nitrogen and oxygen atoms in total. The number of anilines is 1. The number of sulfone groups is 1. The van der Waals surface area contributed by atoms with Gasteiger partial charge in [0.2, 0.25) is 0 Å². The fraction of sp³-hybridized carbons (Fsp3) is 0.417. The van der Waals surface area contributed by atoms with E-state index in [1.54, 1.807) is 19.1 Å². The lowest BCUT2D eigenvalue weighted by atomic mass is 10.1. The molecule has 0 radical (unpaired) electrons. The van der Waals surface area contributed by atoms with Gasteiger partial charge in [0.1, 0.15) is 5.75 Å².